The van der Waals surface area contributed by atoms with Crippen molar-refractivity contribution in [1.29, 1.82) is 0 Å². The number of benzene rings is 2. The van der Waals surface area contributed by atoms with Crippen molar-refractivity contribution in [2.24, 2.45) is 0 Å². The van der Waals surface area contributed by atoms with Crippen molar-refractivity contribution in [2.75, 3.05) is 20.7 Å². The zero-order chi connectivity index (χ0) is 23.3. The Morgan fingerprint density at radius 1 is 1.06 bits per heavy atom. The van der Waals surface area contributed by atoms with Crippen LogP contribution in [0.15, 0.2) is 60.0 Å². The SMILES string of the molecule is Cc1cc(OCC(=O)N(C)C)c(/C=C/C(=O)c2ccc(C(=O)O)cc2)cc1-c1cccs1. The smallest absolute Gasteiger partial charge is 0.335 e. The third-order valence-corrected chi connectivity index (χ3v) is 5.73. The molecule has 0 aliphatic rings. The van der Waals surface area contributed by atoms with Crippen LogP contribution in [-0.4, -0.2) is 48.4 Å². The molecule has 1 N–H and O–H groups in total. The molecule has 0 spiro atoms. The standard InChI is InChI=1S/C25H23NO5S/c1-16-13-22(31-15-24(28)26(2)3)19(14-20(16)23-5-4-12-32-23)10-11-21(27)17-6-8-18(9-7-17)25(29)30/h4-14H,15H2,1-3H3,(H,29,30)/b11-10+. The summed E-state index contributed by atoms with van der Waals surface area (Å²) in [7, 11) is 3.32. The second kappa shape index (κ2) is 10.1. The zero-order valence-electron chi connectivity index (χ0n) is 18.0. The van der Waals surface area contributed by atoms with Crippen LogP contribution in [0.5, 0.6) is 5.75 Å². The van der Waals surface area contributed by atoms with Gasteiger partial charge in [-0.1, -0.05) is 18.2 Å². The fraction of sp³-hybridized carbons (Fsp3) is 0.160. The summed E-state index contributed by atoms with van der Waals surface area (Å²) in [5.74, 6) is -0.984. The van der Waals surface area contributed by atoms with E-state index in [9.17, 15) is 14.4 Å². The van der Waals surface area contributed by atoms with Crippen molar-refractivity contribution in [2.45, 2.75) is 6.92 Å². The van der Waals surface area contributed by atoms with E-state index in [0.717, 1.165) is 16.0 Å². The highest BCUT2D eigenvalue weighted by molar-refractivity contribution is 7.13. The van der Waals surface area contributed by atoms with Gasteiger partial charge in [-0.2, -0.15) is 0 Å². The molecule has 0 radical (unpaired) electrons. The first-order chi connectivity index (χ1) is 15.3. The highest BCUT2D eigenvalue weighted by Gasteiger charge is 2.13. The largest absolute Gasteiger partial charge is 0.483 e. The summed E-state index contributed by atoms with van der Waals surface area (Å²) in [6.07, 6.45) is 3.07. The Labute approximate surface area is 190 Å². The molecular formula is C25H23NO5S. The number of carboxylic acid groups (broad SMARTS) is 1. The Balaban J connectivity index is 1.92. The topological polar surface area (TPSA) is 83.9 Å². The van der Waals surface area contributed by atoms with Gasteiger partial charge in [0, 0.05) is 30.1 Å². The average molecular weight is 450 g/mol. The number of amides is 1. The monoisotopic (exact) mass is 449 g/mol. The summed E-state index contributed by atoms with van der Waals surface area (Å²) >= 11 is 1.61. The van der Waals surface area contributed by atoms with Gasteiger partial charge in [0.2, 0.25) is 0 Å². The quantitative estimate of drug-likeness (QED) is 0.395. The maximum atomic E-state index is 12.6. The van der Waals surface area contributed by atoms with Crippen LogP contribution in [0.2, 0.25) is 0 Å². The van der Waals surface area contributed by atoms with Crippen LogP contribution in [0.4, 0.5) is 0 Å². The van der Waals surface area contributed by atoms with Crippen molar-refractivity contribution in [3.05, 3.63) is 82.2 Å². The van der Waals surface area contributed by atoms with Gasteiger partial charge in [-0.15, -0.1) is 11.3 Å². The zero-order valence-corrected chi connectivity index (χ0v) is 18.8. The predicted octanol–water partition coefficient (Wildman–Crippen LogP) is 4.78. The molecule has 0 aliphatic heterocycles. The van der Waals surface area contributed by atoms with Crippen LogP contribution in [0.25, 0.3) is 16.5 Å². The van der Waals surface area contributed by atoms with E-state index in [-0.39, 0.29) is 23.9 Å². The van der Waals surface area contributed by atoms with Crippen LogP contribution in [0.1, 0.15) is 31.8 Å². The second-order valence-electron chi connectivity index (χ2n) is 7.34. The minimum atomic E-state index is -1.05. The molecule has 0 aliphatic carbocycles. The Kier molecular flexibility index (Phi) is 7.22. The van der Waals surface area contributed by atoms with Crippen LogP contribution in [0, 0.1) is 6.92 Å². The third-order valence-electron chi connectivity index (χ3n) is 4.82. The van der Waals surface area contributed by atoms with E-state index in [2.05, 4.69) is 0 Å². The van der Waals surface area contributed by atoms with Gasteiger partial charge in [0.1, 0.15) is 5.75 Å². The summed E-state index contributed by atoms with van der Waals surface area (Å²) in [6.45, 7) is 1.86. The van der Waals surface area contributed by atoms with Gasteiger partial charge in [0.25, 0.3) is 5.91 Å². The van der Waals surface area contributed by atoms with Crippen LogP contribution in [-0.2, 0) is 4.79 Å². The van der Waals surface area contributed by atoms with Crippen LogP contribution in [0.3, 0.4) is 0 Å². The van der Waals surface area contributed by atoms with E-state index in [4.69, 9.17) is 9.84 Å². The highest BCUT2D eigenvalue weighted by atomic mass is 32.1. The first-order valence-corrected chi connectivity index (χ1v) is 10.7. The number of hydrogen-bond acceptors (Lipinski definition) is 5. The van der Waals surface area contributed by atoms with Crippen LogP contribution < -0.4 is 4.74 Å². The predicted molar refractivity (Wildman–Crippen MR) is 125 cm³/mol. The summed E-state index contributed by atoms with van der Waals surface area (Å²) in [4.78, 5) is 38.1. The number of aromatic carboxylic acids is 1. The molecule has 0 saturated carbocycles. The van der Waals surface area contributed by atoms with Gasteiger partial charge in [0.15, 0.2) is 12.4 Å². The Morgan fingerprint density at radius 2 is 1.75 bits per heavy atom. The van der Waals surface area contributed by atoms with Crippen molar-refractivity contribution in [1.82, 2.24) is 4.90 Å². The Morgan fingerprint density at radius 3 is 2.34 bits per heavy atom. The van der Waals surface area contributed by atoms with Crippen molar-refractivity contribution in [3.63, 3.8) is 0 Å². The molecule has 1 amide bonds. The van der Waals surface area contributed by atoms with E-state index in [1.807, 2.05) is 36.6 Å². The second-order valence-corrected chi connectivity index (χ2v) is 8.29. The molecule has 0 saturated heterocycles. The fourth-order valence-corrected chi connectivity index (χ4v) is 3.77. The van der Waals surface area contributed by atoms with Gasteiger partial charge in [-0.3, -0.25) is 9.59 Å². The molecule has 0 bridgehead atoms. The van der Waals surface area contributed by atoms with Crippen molar-refractivity contribution >= 4 is 35.1 Å². The minimum Gasteiger partial charge on any atom is -0.483 e. The normalized spacial score (nSPS) is 10.8. The number of allylic oxidation sites excluding steroid dienone is 1. The van der Waals surface area contributed by atoms with E-state index in [1.165, 1.54) is 35.2 Å². The summed E-state index contributed by atoms with van der Waals surface area (Å²) in [6, 6.07) is 13.5. The molecule has 3 rings (SSSR count). The van der Waals surface area contributed by atoms with E-state index in [1.54, 1.807) is 31.5 Å². The number of hydrogen-bond donors (Lipinski definition) is 1. The van der Waals surface area contributed by atoms with Gasteiger partial charge < -0.3 is 14.7 Å². The highest BCUT2D eigenvalue weighted by Crippen LogP contribution is 2.34. The molecule has 164 valence electrons. The third kappa shape index (κ3) is 5.50. The lowest BCUT2D eigenvalue weighted by Gasteiger charge is -2.15. The number of rotatable bonds is 8. The molecule has 0 fully saturated rings. The number of ether oxygens (including phenoxy) is 1. The number of carboxylic acids is 1. The molecule has 1 aromatic heterocycles. The number of carbonyl (C=O) groups excluding carboxylic acids is 2. The lowest BCUT2D eigenvalue weighted by atomic mass is 10.0. The lowest BCUT2D eigenvalue weighted by Crippen LogP contribution is -2.27. The minimum absolute atomic E-state index is 0.115. The van der Waals surface area contributed by atoms with Gasteiger partial charge in [-0.25, -0.2) is 4.79 Å². The number of nitrogens with zero attached hydrogens (tertiary/aromatic N) is 1. The molecule has 32 heavy (non-hydrogen) atoms. The van der Waals surface area contributed by atoms with Gasteiger partial charge in [0.05, 0.1) is 5.56 Å². The number of aryl methyl sites for hydroxylation is 1. The molecule has 1 heterocycles. The molecule has 0 unspecified atom stereocenters. The molecule has 3 aromatic rings. The maximum absolute atomic E-state index is 12.6. The first kappa shape index (κ1) is 23.0. The van der Waals surface area contributed by atoms with Crippen LogP contribution >= 0.6 is 11.3 Å². The molecule has 6 nitrogen and oxygen atoms in total. The average Bonchev–Trinajstić information content (AvgIpc) is 3.31. The Bertz CT molecular complexity index is 1160. The van der Waals surface area contributed by atoms with E-state index >= 15 is 0 Å². The van der Waals surface area contributed by atoms with E-state index in [0.29, 0.717) is 16.9 Å². The molecular weight excluding hydrogens is 426 g/mol. The Hall–Kier alpha value is -3.71. The molecule has 7 heteroatoms. The number of ketones is 1. The summed E-state index contributed by atoms with van der Waals surface area (Å²) in [5, 5.41) is 11.0. The first-order valence-electron chi connectivity index (χ1n) is 9.83. The molecule has 2 aromatic carbocycles. The summed E-state index contributed by atoms with van der Waals surface area (Å²) < 4.78 is 5.78. The number of thiophene rings is 1. The molecule has 0 atom stereocenters. The lowest BCUT2D eigenvalue weighted by molar-refractivity contribution is -0.130. The van der Waals surface area contributed by atoms with Crippen molar-refractivity contribution in [3.8, 4) is 16.2 Å². The van der Waals surface area contributed by atoms with Crippen molar-refractivity contribution < 1.29 is 24.2 Å². The maximum Gasteiger partial charge on any atom is 0.335 e. The summed E-state index contributed by atoms with van der Waals surface area (Å²) in [5.41, 5.74) is 3.17. The fourth-order valence-electron chi connectivity index (χ4n) is 2.96. The number of likely N-dealkylation sites (N-methyl/N-ethyl adjacent to an activating group) is 1. The van der Waals surface area contributed by atoms with Gasteiger partial charge in [-0.05, 0) is 65.9 Å². The number of carbonyl (C=O) groups is 3. The van der Waals surface area contributed by atoms with Gasteiger partial charge >= 0.3 is 5.97 Å². The van der Waals surface area contributed by atoms with E-state index < -0.39 is 5.97 Å².